The van der Waals surface area contributed by atoms with Gasteiger partial charge in [0.05, 0.1) is 23.5 Å². The van der Waals surface area contributed by atoms with Gasteiger partial charge in [-0.25, -0.2) is 5.01 Å². The highest BCUT2D eigenvalue weighted by atomic mass is 16.2. The van der Waals surface area contributed by atoms with E-state index in [0.717, 1.165) is 16.9 Å². The maximum atomic E-state index is 12.0. The average molecular weight is 251 g/mol. The lowest BCUT2D eigenvalue weighted by atomic mass is 10.2. The third-order valence-corrected chi connectivity index (χ3v) is 3.01. The second-order valence-corrected chi connectivity index (χ2v) is 4.48. The van der Waals surface area contributed by atoms with E-state index < -0.39 is 0 Å². The molecule has 0 aliphatic carbocycles. The van der Waals surface area contributed by atoms with Crippen molar-refractivity contribution in [2.45, 2.75) is 13.3 Å². The first kappa shape index (κ1) is 11.6. The lowest BCUT2D eigenvalue weighted by molar-refractivity contribution is -0.116. The van der Waals surface area contributed by atoms with Gasteiger partial charge in [-0.15, -0.1) is 0 Å². The molecule has 0 radical (unpaired) electrons. The minimum Gasteiger partial charge on any atom is -0.272 e. The summed E-state index contributed by atoms with van der Waals surface area (Å²) in [5.74, 6) is -0.0236. The van der Waals surface area contributed by atoms with Crippen LogP contribution in [0.1, 0.15) is 17.7 Å². The number of hydrazone groups is 1. The lowest BCUT2D eigenvalue weighted by Crippen LogP contribution is -2.19. The van der Waals surface area contributed by atoms with Crippen LogP contribution in [0.15, 0.2) is 53.8 Å². The summed E-state index contributed by atoms with van der Waals surface area (Å²) in [6.45, 7) is 2.01. The van der Waals surface area contributed by atoms with E-state index in [4.69, 9.17) is 0 Å². The standard InChI is InChI=1S/C15H13N3O/c1-11-5-7-12(8-6-11)18-15(19)10-14(17-18)13-4-2-3-9-16-13/h2-9H,10H2,1H3. The summed E-state index contributed by atoms with van der Waals surface area (Å²) < 4.78 is 0. The van der Waals surface area contributed by atoms with Crippen molar-refractivity contribution in [3.63, 3.8) is 0 Å². The number of amides is 1. The summed E-state index contributed by atoms with van der Waals surface area (Å²) in [7, 11) is 0. The zero-order chi connectivity index (χ0) is 13.2. The predicted molar refractivity (Wildman–Crippen MR) is 74.1 cm³/mol. The molecule has 4 heteroatoms. The Hall–Kier alpha value is -2.49. The fourth-order valence-corrected chi connectivity index (χ4v) is 1.99. The maximum Gasteiger partial charge on any atom is 0.253 e. The van der Waals surface area contributed by atoms with Gasteiger partial charge in [-0.3, -0.25) is 9.78 Å². The zero-order valence-corrected chi connectivity index (χ0v) is 10.6. The molecular weight excluding hydrogens is 238 g/mol. The molecule has 1 aliphatic rings. The van der Waals surface area contributed by atoms with Gasteiger partial charge in [-0.05, 0) is 31.2 Å². The van der Waals surface area contributed by atoms with E-state index in [0.29, 0.717) is 12.1 Å². The highest BCUT2D eigenvalue weighted by Gasteiger charge is 2.26. The average Bonchev–Trinajstić information content (AvgIpc) is 2.83. The van der Waals surface area contributed by atoms with E-state index in [-0.39, 0.29) is 5.91 Å². The molecule has 0 unspecified atom stereocenters. The third-order valence-electron chi connectivity index (χ3n) is 3.01. The summed E-state index contributed by atoms with van der Waals surface area (Å²) in [4.78, 5) is 16.3. The molecule has 1 aromatic carbocycles. The fraction of sp³-hybridized carbons (Fsp3) is 0.133. The molecule has 0 saturated heterocycles. The van der Waals surface area contributed by atoms with Gasteiger partial charge >= 0.3 is 0 Å². The molecule has 0 fully saturated rings. The Morgan fingerprint density at radius 1 is 1.11 bits per heavy atom. The Morgan fingerprint density at radius 2 is 1.89 bits per heavy atom. The molecule has 2 heterocycles. The molecule has 1 aromatic heterocycles. The van der Waals surface area contributed by atoms with Crippen LogP contribution in [0.3, 0.4) is 0 Å². The molecule has 0 spiro atoms. The Morgan fingerprint density at radius 3 is 2.58 bits per heavy atom. The number of carbonyl (C=O) groups excluding carboxylic acids is 1. The fourth-order valence-electron chi connectivity index (χ4n) is 1.99. The number of benzene rings is 1. The molecule has 0 saturated carbocycles. The molecule has 2 aromatic rings. The Balaban J connectivity index is 1.93. The van der Waals surface area contributed by atoms with Crippen molar-refractivity contribution in [1.29, 1.82) is 0 Å². The molecule has 0 bridgehead atoms. The number of hydrogen-bond donors (Lipinski definition) is 0. The van der Waals surface area contributed by atoms with Crippen LogP contribution in [0, 0.1) is 6.92 Å². The number of anilines is 1. The van der Waals surface area contributed by atoms with Gasteiger partial charge in [0, 0.05) is 6.20 Å². The van der Waals surface area contributed by atoms with Crippen molar-refractivity contribution in [2.75, 3.05) is 5.01 Å². The van der Waals surface area contributed by atoms with Gasteiger partial charge in [-0.1, -0.05) is 23.8 Å². The smallest absolute Gasteiger partial charge is 0.253 e. The molecule has 0 atom stereocenters. The van der Waals surface area contributed by atoms with Gasteiger partial charge < -0.3 is 0 Å². The van der Waals surface area contributed by atoms with Crippen LogP contribution in [0.25, 0.3) is 0 Å². The van der Waals surface area contributed by atoms with E-state index in [1.807, 2.05) is 49.4 Å². The van der Waals surface area contributed by atoms with E-state index in [1.54, 1.807) is 6.20 Å². The largest absolute Gasteiger partial charge is 0.272 e. The van der Waals surface area contributed by atoms with Gasteiger partial charge in [0.25, 0.3) is 5.91 Å². The molecule has 19 heavy (non-hydrogen) atoms. The first-order valence-electron chi connectivity index (χ1n) is 6.12. The van der Waals surface area contributed by atoms with E-state index in [9.17, 15) is 4.79 Å². The van der Waals surface area contributed by atoms with Crippen LogP contribution in [-0.2, 0) is 4.79 Å². The van der Waals surface area contributed by atoms with Gasteiger partial charge in [0.1, 0.15) is 0 Å². The SMILES string of the molecule is Cc1ccc(N2N=C(c3ccccn3)CC2=O)cc1. The van der Waals surface area contributed by atoms with Crippen molar-refractivity contribution in [3.8, 4) is 0 Å². The topological polar surface area (TPSA) is 45.6 Å². The second kappa shape index (κ2) is 4.65. The van der Waals surface area contributed by atoms with Crippen molar-refractivity contribution < 1.29 is 4.79 Å². The zero-order valence-electron chi connectivity index (χ0n) is 10.6. The highest BCUT2D eigenvalue weighted by molar-refractivity contribution is 6.18. The quantitative estimate of drug-likeness (QED) is 0.823. The minimum atomic E-state index is -0.0236. The van der Waals surface area contributed by atoms with E-state index in [2.05, 4.69) is 10.1 Å². The maximum absolute atomic E-state index is 12.0. The third kappa shape index (κ3) is 2.25. The number of hydrogen-bond acceptors (Lipinski definition) is 3. The van der Waals surface area contributed by atoms with Crippen molar-refractivity contribution in [2.24, 2.45) is 5.10 Å². The number of rotatable bonds is 2. The van der Waals surface area contributed by atoms with Crippen molar-refractivity contribution in [3.05, 3.63) is 59.9 Å². The number of nitrogens with zero attached hydrogens (tertiary/aromatic N) is 3. The Kier molecular flexibility index (Phi) is 2.83. The van der Waals surface area contributed by atoms with Crippen LogP contribution in [0.4, 0.5) is 5.69 Å². The van der Waals surface area contributed by atoms with Crippen LogP contribution < -0.4 is 5.01 Å². The monoisotopic (exact) mass is 251 g/mol. The Labute approximate surface area is 111 Å². The van der Waals surface area contributed by atoms with Crippen LogP contribution in [0.5, 0.6) is 0 Å². The van der Waals surface area contributed by atoms with Gasteiger partial charge in [-0.2, -0.15) is 5.10 Å². The van der Waals surface area contributed by atoms with E-state index >= 15 is 0 Å². The molecule has 94 valence electrons. The molecule has 4 nitrogen and oxygen atoms in total. The van der Waals surface area contributed by atoms with E-state index in [1.165, 1.54) is 5.01 Å². The molecule has 3 rings (SSSR count). The van der Waals surface area contributed by atoms with Crippen LogP contribution in [0.2, 0.25) is 0 Å². The summed E-state index contributed by atoms with van der Waals surface area (Å²) in [5, 5.41) is 5.83. The molecule has 0 N–H and O–H groups in total. The number of aromatic nitrogens is 1. The van der Waals surface area contributed by atoms with Gasteiger partial charge in [0.15, 0.2) is 0 Å². The summed E-state index contributed by atoms with van der Waals surface area (Å²) in [6.07, 6.45) is 2.00. The summed E-state index contributed by atoms with van der Waals surface area (Å²) in [6, 6.07) is 13.3. The number of pyridine rings is 1. The van der Waals surface area contributed by atoms with Gasteiger partial charge in [0.2, 0.25) is 0 Å². The number of aryl methyl sites for hydroxylation is 1. The summed E-state index contributed by atoms with van der Waals surface area (Å²) in [5.41, 5.74) is 3.42. The van der Waals surface area contributed by atoms with Crippen molar-refractivity contribution >= 4 is 17.3 Å². The summed E-state index contributed by atoms with van der Waals surface area (Å²) >= 11 is 0. The molecular formula is C15H13N3O. The predicted octanol–water partition coefficient (Wildman–Crippen LogP) is 2.53. The second-order valence-electron chi connectivity index (χ2n) is 4.48. The minimum absolute atomic E-state index is 0.0236. The number of carbonyl (C=O) groups is 1. The normalized spacial score (nSPS) is 14.7. The van der Waals surface area contributed by atoms with Crippen LogP contribution in [-0.4, -0.2) is 16.6 Å². The first-order chi connectivity index (χ1) is 9.24. The van der Waals surface area contributed by atoms with Crippen molar-refractivity contribution in [1.82, 2.24) is 4.98 Å². The Bertz CT molecular complexity index is 632. The highest BCUT2D eigenvalue weighted by Crippen LogP contribution is 2.22. The van der Waals surface area contributed by atoms with Crippen LogP contribution >= 0.6 is 0 Å². The molecule has 1 aliphatic heterocycles. The first-order valence-corrected chi connectivity index (χ1v) is 6.12. The molecule has 1 amide bonds. The lowest BCUT2D eigenvalue weighted by Gasteiger charge is -2.11.